The van der Waals surface area contributed by atoms with Gasteiger partial charge < -0.3 is 10.5 Å². The van der Waals surface area contributed by atoms with Gasteiger partial charge in [-0.25, -0.2) is 8.78 Å². The number of hydrogen-bond donors (Lipinski definition) is 1. The zero-order valence-corrected chi connectivity index (χ0v) is 11.6. The molecular weight excluding hydrogens is 272 g/mol. The van der Waals surface area contributed by atoms with Crippen LogP contribution in [-0.4, -0.2) is 6.61 Å². The van der Waals surface area contributed by atoms with Gasteiger partial charge in [0, 0.05) is 17.7 Å². The maximum Gasteiger partial charge on any atom is 0.130 e. The van der Waals surface area contributed by atoms with E-state index >= 15 is 0 Å². The van der Waals surface area contributed by atoms with Gasteiger partial charge in [0.05, 0.1) is 12.7 Å². The molecule has 0 bridgehead atoms. The van der Waals surface area contributed by atoms with E-state index in [1.54, 1.807) is 0 Å². The highest BCUT2D eigenvalue weighted by molar-refractivity contribution is 5.31. The minimum Gasteiger partial charge on any atom is -0.373 e. The molecule has 0 radical (unpaired) electrons. The first kappa shape index (κ1) is 14.2. The Morgan fingerprint density at radius 3 is 2.81 bits per heavy atom. The largest absolute Gasteiger partial charge is 0.373 e. The Hall–Kier alpha value is -1.78. The van der Waals surface area contributed by atoms with Crippen molar-refractivity contribution in [3.63, 3.8) is 0 Å². The number of nitrogens with two attached hydrogens (primary N) is 1. The van der Waals surface area contributed by atoms with Gasteiger partial charge in [0.15, 0.2) is 0 Å². The molecule has 2 atom stereocenters. The summed E-state index contributed by atoms with van der Waals surface area (Å²) < 4.78 is 32.5. The van der Waals surface area contributed by atoms with Gasteiger partial charge in [-0.15, -0.1) is 0 Å². The molecule has 2 aromatic carbocycles. The number of halogens is 2. The maximum atomic E-state index is 13.8. The first-order valence-electron chi connectivity index (χ1n) is 7.05. The topological polar surface area (TPSA) is 35.2 Å². The second kappa shape index (κ2) is 5.92. The van der Waals surface area contributed by atoms with E-state index in [1.165, 1.54) is 17.7 Å². The van der Waals surface area contributed by atoms with E-state index in [-0.39, 0.29) is 6.10 Å². The van der Waals surface area contributed by atoms with Gasteiger partial charge >= 0.3 is 0 Å². The molecule has 2 nitrogen and oxygen atoms in total. The molecule has 0 aromatic heterocycles. The molecule has 3 rings (SSSR count). The molecule has 0 fully saturated rings. The van der Waals surface area contributed by atoms with Crippen molar-refractivity contribution < 1.29 is 13.5 Å². The Morgan fingerprint density at radius 1 is 1.19 bits per heavy atom. The van der Waals surface area contributed by atoms with E-state index < -0.39 is 17.7 Å². The first-order chi connectivity index (χ1) is 10.1. The summed E-state index contributed by atoms with van der Waals surface area (Å²) in [5.41, 5.74) is 8.78. The van der Waals surface area contributed by atoms with Crippen LogP contribution in [0.2, 0.25) is 0 Å². The third-order valence-electron chi connectivity index (χ3n) is 3.92. The summed E-state index contributed by atoms with van der Waals surface area (Å²) in [6.07, 6.45) is 1.21. The molecule has 0 amide bonds. The van der Waals surface area contributed by atoms with Crippen LogP contribution in [0, 0.1) is 11.6 Å². The fourth-order valence-electron chi connectivity index (χ4n) is 2.83. The summed E-state index contributed by atoms with van der Waals surface area (Å²) in [5, 5.41) is 0. The SMILES string of the molecule is NC(CC1OCCc2ccccc21)c1ccc(F)cc1F. The summed E-state index contributed by atoms with van der Waals surface area (Å²) in [7, 11) is 0. The molecular formula is C17H17F2NO. The summed E-state index contributed by atoms with van der Waals surface area (Å²) in [6.45, 7) is 0.639. The van der Waals surface area contributed by atoms with Gasteiger partial charge in [0.25, 0.3) is 0 Å². The van der Waals surface area contributed by atoms with Crippen molar-refractivity contribution in [1.82, 2.24) is 0 Å². The van der Waals surface area contributed by atoms with Gasteiger partial charge in [0.2, 0.25) is 0 Å². The molecule has 0 saturated carbocycles. The van der Waals surface area contributed by atoms with Crippen LogP contribution in [0.4, 0.5) is 8.78 Å². The normalized spacial score (nSPS) is 19.1. The predicted molar refractivity (Wildman–Crippen MR) is 76.7 cm³/mol. The Morgan fingerprint density at radius 2 is 2.00 bits per heavy atom. The van der Waals surface area contributed by atoms with E-state index in [2.05, 4.69) is 6.07 Å². The van der Waals surface area contributed by atoms with Gasteiger partial charge in [0.1, 0.15) is 11.6 Å². The highest BCUT2D eigenvalue weighted by Gasteiger charge is 2.24. The van der Waals surface area contributed by atoms with Crippen LogP contribution in [0.1, 0.15) is 35.3 Å². The predicted octanol–water partition coefficient (Wildman–Crippen LogP) is 3.67. The van der Waals surface area contributed by atoms with Crippen molar-refractivity contribution in [3.8, 4) is 0 Å². The standard InChI is InChI=1S/C17H17F2NO/c18-12-5-6-14(15(19)9-12)16(20)10-17-13-4-2-1-3-11(13)7-8-21-17/h1-6,9,16-17H,7-8,10,20H2. The number of hydrogen-bond acceptors (Lipinski definition) is 2. The Kier molecular flexibility index (Phi) is 3.99. The number of rotatable bonds is 3. The fraction of sp³-hybridized carbons (Fsp3) is 0.294. The van der Waals surface area contributed by atoms with Crippen molar-refractivity contribution in [3.05, 3.63) is 70.8 Å². The Bertz CT molecular complexity index is 644. The zero-order chi connectivity index (χ0) is 14.8. The average molecular weight is 289 g/mol. The summed E-state index contributed by atoms with van der Waals surface area (Å²) in [5.74, 6) is -1.20. The minimum atomic E-state index is -0.605. The third-order valence-corrected chi connectivity index (χ3v) is 3.92. The van der Waals surface area contributed by atoms with Gasteiger partial charge in [-0.05, 0) is 30.0 Å². The summed E-state index contributed by atoms with van der Waals surface area (Å²) in [4.78, 5) is 0. The average Bonchev–Trinajstić information content (AvgIpc) is 2.47. The molecule has 110 valence electrons. The van der Waals surface area contributed by atoms with E-state index in [0.717, 1.165) is 18.1 Å². The van der Waals surface area contributed by atoms with Gasteiger partial charge in [-0.2, -0.15) is 0 Å². The molecule has 0 saturated heterocycles. The zero-order valence-electron chi connectivity index (χ0n) is 11.6. The third kappa shape index (κ3) is 2.96. The maximum absolute atomic E-state index is 13.8. The van der Waals surface area contributed by atoms with Crippen molar-refractivity contribution in [2.75, 3.05) is 6.61 Å². The lowest BCUT2D eigenvalue weighted by molar-refractivity contribution is 0.0318. The lowest BCUT2D eigenvalue weighted by Gasteiger charge is -2.28. The molecule has 1 aliphatic rings. The van der Waals surface area contributed by atoms with Gasteiger partial charge in [-0.1, -0.05) is 30.3 Å². The van der Waals surface area contributed by atoms with E-state index in [4.69, 9.17) is 10.5 Å². The molecule has 2 unspecified atom stereocenters. The molecule has 1 heterocycles. The second-order valence-corrected chi connectivity index (χ2v) is 5.32. The van der Waals surface area contributed by atoms with E-state index in [0.29, 0.717) is 18.6 Å². The Balaban J connectivity index is 1.81. The van der Waals surface area contributed by atoms with Crippen LogP contribution in [0.3, 0.4) is 0 Å². The van der Waals surface area contributed by atoms with Crippen LogP contribution in [-0.2, 0) is 11.2 Å². The number of benzene rings is 2. The van der Waals surface area contributed by atoms with Crippen LogP contribution in [0.15, 0.2) is 42.5 Å². The monoisotopic (exact) mass is 289 g/mol. The molecule has 1 aliphatic heterocycles. The van der Waals surface area contributed by atoms with Crippen molar-refractivity contribution in [2.24, 2.45) is 5.73 Å². The molecule has 0 spiro atoms. The number of ether oxygens (including phenoxy) is 1. The van der Waals surface area contributed by atoms with Gasteiger partial charge in [-0.3, -0.25) is 0 Å². The molecule has 21 heavy (non-hydrogen) atoms. The first-order valence-corrected chi connectivity index (χ1v) is 7.05. The minimum absolute atomic E-state index is 0.144. The fourth-order valence-corrected chi connectivity index (χ4v) is 2.83. The van der Waals surface area contributed by atoms with E-state index in [9.17, 15) is 8.78 Å². The van der Waals surface area contributed by atoms with Crippen LogP contribution in [0.25, 0.3) is 0 Å². The van der Waals surface area contributed by atoms with E-state index in [1.807, 2.05) is 18.2 Å². The van der Waals surface area contributed by atoms with Crippen molar-refractivity contribution in [2.45, 2.75) is 25.0 Å². The van der Waals surface area contributed by atoms with Crippen LogP contribution < -0.4 is 5.73 Å². The quantitative estimate of drug-likeness (QED) is 0.935. The molecule has 2 N–H and O–H groups in total. The molecule has 2 aromatic rings. The number of fused-ring (bicyclic) bond motifs is 1. The summed E-state index contributed by atoms with van der Waals surface area (Å²) in [6, 6.07) is 11.0. The molecule has 4 heteroatoms. The summed E-state index contributed by atoms with van der Waals surface area (Å²) >= 11 is 0. The highest BCUT2D eigenvalue weighted by atomic mass is 19.1. The van der Waals surface area contributed by atoms with Crippen molar-refractivity contribution in [1.29, 1.82) is 0 Å². The van der Waals surface area contributed by atoms with Crippen molar-refractivity contribution >= 4 is 0 Å². The van der Waals surface area contributed by atoms with Crippen LogP contribution in [0.5, 0.6) is 0 Å². The smallest absolute Gasteiger partial charge is 0.130 e. The molecule has 0 aliphatic carbocycles. The van der Waals surface area contributed by atoms with Crippen LogP contribution >= 0.6 is 0 Å². The lowest BCUT2D eigenvalue weighted by Crippen LogP contribution is -2.22. The Labute approximate surface area is 122 Å². The lowest BCUT2D eigenvalue weighted by atomic mass is 9.91. The second-order valence-electron chi connectivity index (χ2n) is 5.32. The highest BCUT2D eigenvalue weighted by Crippen LogP contribution is 2.34.